The molecule has 3 rings (SSSR count). The Balaban J connectivity index is 2.08. The molecule has 0 radical (unpaired) electrons. The molecule has 2 N–H and O–H groups in total. The summed E-state index contributed by atoms with van der Waals surface area (Å²) in [6.45, 7) is 2.96. The summed E-state index contributed by atoms with van der Waals surface area (Å²) in [5.41, 5.74) is 9.44. The molecule has 0 spiro atoms. The molecule has 2 aromatic heterocycles. The highest BCUT2D eigenvalue weighted by Gasteiger charge is 2.11. The summed E-state index contributed by atoms with van der Waals surface area (Å²) in [4.78, 5) is 9.05. The van der Waals surface area contributed by atoms with Crippen molar-refractivity contribution in [3.8, 4) is 0 Å². The van der Waals surface area contributed by atoms with E-state index in [0.29, 0.717) is 5.69 Å². The van der Waals surface area contributed by atoms with Crippen LogP contribution in [0, 0.1) is 0 Å². The number of nitrogen functional groups attached to an aromatic ring is 1. The number of aryl methyl sites for hydroxylation is 1. The van der Waals surface area contributed by atoms with Gasteiger partial charge in [-0.3, -0.25) is 0 Å². The van der Waals surface area contributed by atoms with Crippen molar-refractivity contribution in [1.82, 2.24) is 14.5 Å². The Labute approximate surface area is 111 Å². The van der Waals surface area contributed by atoms with Crippen LogP contribution in [0.25, 0.3) is 11.2 Å². The molecule has 2 heterocycles. The van der Waals surface area contributed by atoms with Crippen LogP contribution in [0.1, 0.15) is 18.3 Å². The van der Waals surface area contributed by atoms with Crippen LogP contribution in [0.4, 0.5) is 5.69 Å². The monoisotopic (exact) mass is 252 g/mol. The molecule has 0 bridgehead atoms. The van der Waals surface area contributed by atoms with E-state index in [4.69, 9.17) is 5.73 Å². The summed E-state index contributed by atoms with van der Waals surface area (Å²) in [6.07, 6.45) is 2.49. The van der Waals surface area contributed by atoms with Crippen LogP contribution in [-0.4, -0.2) is 14.5 Å². The number of hydrogen-bond donors (Lipinski definition) is 1. The molecular formula is C15H16N4. The van der Waals surface area contributed by atoms with Gasteiger partial charge in [-0.05, 0) is 18.6 Å². The third-order valence-electron chi connectivity index (χ3n) is 3.21. The Hall–Kier alpha value is -2.36. The summed E-state index contributed by atoms with van der Waals surface area (Å²) in [5, 5.41) is 0. The van der Waals surface area contributed by atoms with Gasteiger partial charge in [0.1, 0.15) is 11.3 Å². The van der Waals surface area contributed by atoms with Gasteiger partial charge in [0, 0.05) is 13.0 Å². The van der Waals surface area contributed by atoms with Crippen molar-refractivity contribution in [3.63, 3.8) is 0 Å². The Morgan fingerprint density at radius 1 is 1.21 bits per heavy atom. The second kappa shape index (κ2) is 4.72. The van der Waals surface area contributed by atoms with E-state index in [1.807, 2.05) is 24.3 Å². The van der Waals surface area contributed by atoms with Crippen LogP contribution in [0.2, 0.25) is 0 Å². The average Bonchev–Trinajstić information content (AvgIpc) is 2.76. The van der Waals surface area contributed by atoms with Gasteiger partial charge in [-0.25, -0.2) is 9.97 Å². The molecule has 0 unspecified atom stereocenters. The van der Waals surface area contributed by atoms with E-state index in [1.165, 1.54) is 5.56 Å². The predicted octanol–water partition coefficient (Wildman–Crippen LogP) is 2.62. The molecule has 19 heavy (non-hydrogen) atoms. The summed E-state index contributed by atoms with van der Waals surface area (Å²) >= 11 is 0. The van der Waals surface area contributed by atoms with E-state index in [2.05, 4.69) is 33.6 Å². The number of hydrogen-bond acceptors (Lipinski definition) is 3. The van der Waals surface area contributed by atoms with Crippen molar-refractivity contribution >= 4 is 16.9 Å². The molecular weight excluding hydrogens is 236 g/mol. The fourth-order valence-electron chi connectivity index (χ4n) is 2.32. The van der Waals surface area contributed by atoms with Crippen LogP contribution >= 0.6 is 0 Å². The minimum Gasteiger partial charge on any atom is -0.397 e. The van der Waals surface area contributed by atoms with Gasteiger partial charge in [0.15, 0.2) is 5.65 Å². The number of anilines is 1. The molecule has 0 atom stereocenters. The number of nitrogens with zero attached hydrogens (tertiary/aromatic N) is 3. The second-order valence-corrected chi connectivity index (χ2v) is 4.55. The first-order valence-corrected chi connectivity index (χ1v) is 6.42. The molecule has 1 aromatic carbocycles. The zero-order valence-electron chi connectivity index (χ0n) is 10.9. The van der Waals surface area contributed by atoms with E-state index >= 15 is 0 Å². The molecule has 0 fully saturated rings. The van der Waals surface area contributed by atoms with Gasteiger partial charge in [0.2, 0.25) is 0 Å². The molecule has 0 saturated carbocycles. The van der Waals surface area contributed by atoms with Gasteiger partial charge in [0.05, 0.1) is 11.9 Å². The lowest BCUT2D eigenvalue weighted by Gasteiger charge is -2.05. The Morgan fingerprint density at radius 2 is 2.00 bits per heavy atom. The molecule has 0 aliphatic rings. The SMILES string of the molecule is CCn1c(Cc2ccccc2)nc2cc(N)cnc21. The van der Waals surface area contributed by atoms with Crippen molar-refractivity contribution in [1.29, 1.82) is 0 Å². The van der Waals surface area contributed by atoms with Gasteiger partial charge in [0.25, 0.3) is 0 Å². The highest BCUT2D eigenvalue weighted by molar-refractivity contribution is 5.75. The molecule has 0 saturated heterocycles. The zero-order chi connectivity index (χ0) is 13.2. The number of fused-ring (bicyclic) bond motifs is 1. The average molecular weight is 252 g/mol. The van der Waals surface area contributed by atoms with Crippen LogP contribution in [0.15, 0.2) is 42.6 Å². The Morgan fingerprint density at radius 3 is 2.74 bits per heavy atom. The highest BCUT2D eigenvalue weighted by Crippen LogP contribution is 2.18. The predicted molar refractivity (Wildman–Crippen MR) is 76.9 cm³/mol. The lowest BCUT2D eigenvalue weighted by atomic mass is 10.1. The number of nitrogens with two attached hydrogens (primary N) is 1. The van der Waals surface area contributed by atoms with E-state index in [1.54, 1.807) is 6.20 Å². The maximum Gasteiger partial charge on any atom is 0.160 e. The fraction of sp³-hybridized carbons (Fsp3) is 0.200. The van der Waals surface area contributed by atoms with E-state index in [9.17, 15) is 0 Å². The third-order valence-corrected chi connectivity index (χ3v) is 3.21. The van der Waals surface area contributed by atoms with Crippen LogP contribution < -0.4 is 5.73 Å². The molecule has 3 aromatic rings. The first-order valence-electron chi connectivity index (χ1n) is 6.42. The van der Waals surface area contributed by atoms with Crippen molar-refractivity contribution < 1.29 is 0 Å². The van der Waals surface area contributed by atoms with Gasteiger partial charge in [-0.2, -0.15) is 0 Å². The highest BCUT2D eigenvalue weighted by atomic mass is 15.1. The van der Waals surface area contributed by atoms with Gasteiger partial charge < -0.3 is 10.3 Å². The van der Waals surface area contributed by atoms with Crippen LogP contribution in [0.3, 0.4) is 0 Å². The van der Waals surface area contributed by atoms with Gasteiger partial charge >= 0.3 is 0 Å². The van der Waals surface area contributed by atoms with Gasteiger partial charge in [-0.15, -0.1) is 0 Å². The van der Waals surface area contributed by atoms with Crippen molar-refractivity contribution in [3.05, 3.63) is 54.0 Å². The summed E-state index contributed by atoms with van der Waals surface area (Å²) in [5.74, 6) is 1.03. The summed E-state index contributed by atoms with van der Waals surface area (Å²) in [6, 6.07) is 12.2. The maximum absolute atomic E-state index is 5.77. The molecule has 0 aliphatic heterocycles. The second-order valence-electron chi connectivity index (χ2n) is 4.55. The molecule has 4 heteroatoms. The quantitative estimate of drug-likeness (QED) is 0.779. The largest absolute Gasteiger partial charge is 0.397 e. The molecule has 0 amide bonds. The maximum atomic E-state index is 5.77. The normalized spacial score (nSPS) is 11.0. The molecule has 4 nitrogen and oxygen atoms in total. The number of rotatable bonds is 3. The van der Waals surface area contributed by atoms with E-state index < -0.39 is 0 Å². The fourth-order valence-corrected chi connectivity index (χ4v) is 2.32. The first kappa shape index (κ1) is 11.7. The number of imidazole rings is 1. The van der Waals surface area contributed by atoms with Crippen molar-refractivity contribution in [2.24, 2.45) is 0 Å². The van der Waals surface area contributed by atoms with Crippen LogP contribution in [0.5, 0.6) is 0 Å². The molecule has 96 valence electrons. The lowest BCUT2D eigenvalue weighted by Crippen LogP contribution is -2.03. The number of pyridine rings is 1. The minimum absolute atomic E-state index is 0.652. The van der Waals surface area contributed by atoms with Crippen molar-refractivity contribution in [2.75, 3.05) is 5.73 Å². The first-order chi connectivity index (χ1) is 9.28. The molecule has 0 aliphatic carbocycles. The topological polar surface area (TPSA) is 56.7 Å². The zero-order valence-corrected chi connectivity index (χ0v) is 10.9. The number of aromatic nitrogens is 3. The lowest BCUT2D eigenvalue weighted by molar-refractivity contribution is 0.727. The standard InChI is InChI=1S/C15H16N4/c1-2-19-14(8-11-6-4-3-5-7-11)18-13-9-12(16)10-17-15(13)19/h3-7,9-10H,2,8,16H2,1H3. The smallest absolute Gasteiger partial charge is 0.160 e. The van der Waals surface area contributed by atoms with Gasteiger partial charge in [-0.1, -0.05) is 30.3 Å². The Kier molecular flexibility index (Phi) is 2.91. The summed E-state index contributed by atoms with van der Waals surface area (Å²) in [7, 11) is 0. The number of benzene rings is 1. The van der Waals surface area contributed by atoms with Crippen LogP contribution in [-0.2, 0) is 13.0 Å². The van der Waals surface area contributed by atoms with E-state index in [0.717, 1.165) is 30.0 Å². The summed E-state index contributed by atoms with van der Waals surface area (Å²) < 4.78 is 2.14. The van der Waals surface area contributed by atoms with Crippen molar-refractivity contribution in [2.45, 2.75) is 19.9 Å². The third kappa shape index (κ3) is 2.17. The van der Waals surface area contributed by atoms with E-state index in [-0.39, 0.29) is 0 Å². The minimum atomic E-state index is 0.652. The Bertz CT molecular complexity index is 701.